The van der Waals surface area contributed by atoms with Crippen molar-refractivity contribution >= 4 is 22.4 Å². The first-order valence-electron chi connectivity index (χ1n) is 9.87. The van der Waals surface area contributed by atoms with E-state index in [2.05, 4.69) is 55.6 Å². The van der Waals surface area contributed by atoms with E-state index in [1.807, 2.05) is 0 Å². The third-order valence-electron chi connectivity index (χ3n) is 5.80. The van der Waals surface area contributed by atoms with Crippen LogP contribution in [0, 0.1) is 6.92 Å². The van der Waals surface area contributed by atoms with Gasteiger partial charge in [0.2, 0.25) is 11.0 Å². The van der Waals surface area contributed by atoms with E-state index in [9.17, 15) is 4.79 Å². The minimum absolute atomic E-state index is 0.105. The topological polar surface area (TPSA) is 119 Å². The van der Waals surface area contributed by atoms with Gasteiger partial charge in [-0.1, -0.05) is 23.5 Å². The number of fused-ring (bicyclic) bond motifs is 1. The monoisotopic (exact) mass is 427 g/mol. The molecule has 2 aliphatic rings. The molecule has 1 saturated heterocycles. The maximum Gasteiger partial charge on any atom is 0.327 e. The number of benzene rings is 1. The van der Waals surface area contributed by atoms with E-state index in [-0.39, 0.29) is 18.0 Å². The van der Waals surface area contributed by atoms with Gasteiger partial charge in [0.15, 0.2) is 11.6 Å². The van der Waals surface area contributed by atoms with Crippen LogP contribution in [0.25, 0.3) is 10.8 Å². The first-order valence-corrected chi connectivity index (χ1v) is 10.7. The number of carboxylic acid groups (broad SMARTS) is 1. The van der Waals surface area contributed by atoms with Crippen LogP contribution in [0.2, 0.25) is 0 Å². The molecular weight excluding hydrogens is 406 g/mol. The van der Waals surface area contributed by atoms with E-state index >= 15 is 0 Å². The Hall–Kier alpha value is -3.08. The van der Waals surface area contributed by atoms with Gasteiger partial charge >= 0.3 is 5.97 Å². The molecule has 1 N–H and O–H groups in total. The Morgan fingerprint density at radius 3 is 2.87 bits per heavy atom. The lowest BCUT2D eigenvalue weighted by molar-refractivity contribution is -0.138. The van der Waals surface area contributed by atoms with E-state index in [0.29, 0.717) is 5.01 Å². The number of hydrogen-bond acceptors (Lipinski definition) is 9. The quantitative estimate of drug-likeness (QED) is 0.666. The molecule has 0 aliphatic carbocycles. The highest BCUT2D eigenvalue weighted by Gasteiger charge is 2.40. The van der Waals surface area contributed by atoms with Gasteiger partial charge in [-0.2, -0.15) is 4.80 Å². The summed E-state index contributed by atoms with van der Waals surface area (Å²) in [5.41, 5.74) is 2.53. The Labute approximate surface area is 176 Å². The molecule has 0 atom stereocenters. The lowest BCUT2D eigenvalue weighted by Crippen LogP contribution is -2.49. The highest BCUT2D eigenvalue weighted by molar-refractivity contribution is 7.18. The first-order chi connectivity index (χ1) is 14.5. The number of nitrogens with zero attached hydrogens (tertiary/aromatic N) is 7. The van der Waals surface area contributed by atoms with Gasteiger partial charge in [0.25, 0.3) is 0 Å². The van der Waals surface area contributed by atoms with Crippen LogP contribution in [0.15, 0.2) is 18.2 Å². The second kappa shape index (κ2) is 7.31. The molecule has 0 saturated carbocycles. The highest BCUT2D eigenvalue weighted by atomic mass is 32.1. The standard InChI is InChI=1S/C19H21N7O3S/c1-12-3-2-4-14-13(12)5-6-19(29-14)7-9-25(10-8-19)18-22-21-17(30-18)16-20-24-26(23-16)11-15(27)28/h2-4H,5-11H2,1H3,(H,27,28). The molecule has 0 unspecified atom stereocenters. The summed E-state index contributed by atoms with van der Waals surface area (Å²) in [7, 11) is 0. The number of carbonyl (C=O) groups is 1. The van der Waals surface area contributed by atoms with Crippen LogP contribution in [0.5, 0.6) is 5.75 Å². The molecule has 2 aliphatic heterocycles. The highest BCUT2D eigenvalue weighted by Crippen LogP contribution is 2.41. The van der Waals surface area contributed by atoms with Crippen molar-refractivity contribution in [3.05, 3.63) is 29.3 Å². The third kappa shape index (κ3) is 3.49. The molecule has 156 valence electrons. The van der Waals surface area contributed by atoms with E-state index in [4.69, 9.17) is 9.84 Å². The fraction of sp³-hybridized carbons (Fsp3) is 0.474. The third-order valence-corrected chi connectivity index (χ3v) is 6.78. The van der Waals surface area contributed by atoms with Gasteiger partial charge in [-0.25, -0.2) is 0 Å². The number of anilines is 1. The summed E-state index contributed by atoms with van der Waals surface area (Å²) in [5.74, 6) is 0.293. The van der Waals surface area contributed by atoms with Crippen molar-refractivity contribution in [3.8, 4) is 16.6 Å². The molecule has 30 heavy (non-hydrogen) atoms. The van der Waals surface area contributed by atoms with Gasteiger partial charge in [-0.3, -0.25) is 4.79 Å². The summed E-state index contributed by atoms with van der Waals surface area (Å²) in [6.45, 7) is 3.49. The zero-order valence-corrected chi connectivity index (χ0v) is 17.3. The van der Waals surface area contributed by atoms with Crippen molar-refractivity contribution in [2.24, 2.45) is 0 Å². The molecule has 1 spiro atoms. The number of aryl methyl sites for hydroxylation is 1. The van der Waals surface area contributed by atoms with Gasteiger partial charge in [0, 0.05) is 25.9 Å². The second-order valence-corrected chi connectivity index (χ2v) is 8.71. The fourth-order valence-corrected chi connectivity index (χ4v) is 4.96. The van der Waals surface area contributed by atoms with E-state index in [0.717, 1.165) is 54.5 Å². The van der Waals surface area contributed by atoms with E-state index in [1.54, 1.807) is 0 Å². The van der Waals surface area contributed by atoms with Gasteiger partial charge in [-0.15, -0.1) is 20.4 Å². The van der Waals surface area contributed by atoms with Gasteiger partial charge in [-0.05, 0) is 42.2 Å². The molecule has 0 radical (unpaired) electrons. The molecule has 11 heteroatoms. The molecule has 1 aromatic carbocycles. The number of piperidine rings is 1. The summed E-state index contributed by atoms with van der Waals surface area (Å²) in [4.78, 5) is 14.0. The Kier molecular flexibility index (Phi) is 4.61. The predicted octanol–water partition coefficient (Wildman–Crippen LogP) is 1.95. The van der Waals surface area contributed by atoms with Crippen LogP contribution in [-0.4, -0.2) is 60.2 Å². The second-order valence-electron chi connectivity index (χ2n) is 7.75. The lowest BCUT2D eigenvalue weighted by Gasteiger charge is -2.44. The number of carboxylic acids is 1. The number of rotatable bonds is 4. The smallest absolute Gasteiger partial charge is 0.327 e. The molecule has 0 bridgehead atoms. The zero-order chi connectivity index (χ0) is 20.7. The minimum atomic E-state index is -1.03. The maximum absolute atomic E-state index is 10.8. The lowest BCUT2D eigenvalue weighted by atomic mass is 9.82. The number of tetrazole rings is 1. The molecular formula is C19H21N7O3S. The van der Waals surface area contributed by atoms with Crippen molar-refractivity contribution in [1.29, 1.82) is 0 Å². The van der Waals surface area contributed by atoms with Gasteiger partial charge < -0.3 is 14.7 Å². The Morgan fingerprint density at radius 2 is 2.07 bits per heavy atom. The molecule has 1 fully saturated rings. The predicted molar refractivity (Wildman–Crippen MR) is 109 cm³/mol. The molecule has 0 amide bonds. The number of aromatic nitrogens is 6. The molecule has 4 heterocycles. The van der Waals surface area contributed by atoms with Crippen molar-refractivity contribution in [3.63, 3.8) is 0 Å². The zero-order valence-electron chi connectivity index (χ0n) is 16.5. The van der Waals surface area contributed by atoms with Crippen LogP contribution >= 0.6 is 11.3 Å². The van der Waals surface area contributed by atoms with E-state index in [1.165, 1.54) is 22.5 Å². The average molecular weight is 427 g/mol. The Bertz CT molecular complexity index is 1090. The van der Waals surface area contributed by atoms with Crippen molar-refractivity contribution in [2.45, 2.75) is 44.8 Å². The minimum Gasteiger partial charge on any atom is -0.487 e. The molecule has 2 aromatic heterocycles. The number of hydrogen-bond donors (Lipinski definition) is 1. The summed E-state index contributed by atoms with van der Waals surface area (Å²) < 4.78 is 6.50. The van der Waals surface area contributed by atoms with Crippen LogP contribution in [0.3, 0.4) is 0 Å². The fourth-order valence-electron chi connectivity index (χ4n) is 4.14. The summed E-state index contributed by atoms with van der Waals surface area (Å²) >= 11 is 1.39. The maximum atomic E-state index is 10.8. The van der Waals surface area contributed by atoms with Crippen molar-refractivity contribution in [1.82, 2.24) is 30.4 Å². The first kappa shape index (κ1) is 18.9. The van der Waals surface area contributed by atoms with Crippen LogP contribution in [0.4, 0.5) is 5.13 Å². The van der Waals surface area contributed by atoms with Gasteiger partial charge in [0.1, 0.15) is 11.4 Å². The molecule has 5 rings (SSSR count). The van der Waals surface area contributed by atoms with Crippen molar-refractivity contribution in [2.75, 3.05) is 18.0 Å². The summed E-state index contributed by atoms with van der Waals surface area (Å²) in [6.07, 6.45) is 3.96. The number of aliphatic carboxylic acids is 1. The van der Waals surface area contributed by atoms with Gasteiger partial charge in [0.05, 0.1) is 0 Å². The van der Waals surface area contributed by atoms with E-state index < -0.39 is 5.97 Å². The SMILES string of the molecule is Cc1cccc2c1CCC1(CCN(c3nnc(-c4nnn(CC(=O)O)n4)s3)CC1)O2. The van der Waals surface area contributed by atoms with Crippen LogP contribution < -0.4 is 9.64 Å². The van der Waals surface area contributed by atoms with Crippen LogP contribution in [0.1, 0.15) is 30.4 Å². The average Bonchev–Trinajstić information content (AvgIpc) is 3.38. The molecule has 3 aromatic rings. The van der Waals surface area contributed by atoms with Crippen molar-refractivity contribution < 1.29 is 14.6 Å². The summed E-state index contributed by atoms with van der Waals surface area (Å²) in [5, 5.41) is 30.3. The van der Waals surface area contributed by atoms with Crippen LogP contribution in [-0.2, 0) is 17.8 Å². The number of ether oxygens (including phenoxy) is 1. The summed E-state index contributed by atoms with van der Waals surface area (Å²) in [6, 6.07) is 6.29. The molecule has 10 nitrogen and oxygen atoms in total. The largest absolute Gasteiger partial charge is 0.487 e. The normalized spacial score (nSPS) is 17.6. The Balaban J connectivity index is 1.25. The Morgan fingerprint density at radius 1 is 1.23 bits per heavy atom.